The fourth-order valence-electron chi connectivity index (χ4n) is 3.41. The lowest BCUT2D eigenvalue weighted by molar-refractivity contribution is -0.203. The van der Waals surface area contributed by atoms with Crippen molar-refractivity contribution in [3.8, 4) is 0 Å². The van der Waals surface area contributed by atoms with Crippen LogP contribution < -0.4 is 5.32 Å². The van der Waals surface area contributed by atoms with E-state index < -0.39 is 53.3 Å². The number of alkyl halides is 6. The van der Waals surface area contributed by atoms with Gasteiger partial charge < -0.3 is 14.8 Å². The average Bonchev–Trinajstić information content (AvgIpc) is 2.67. The van der Waals surface area contributed by atoms with Crippen LogP contribution >= 0.6 is 0 Å². The summed E-state index contributed by atoms with van der Waals surface area (Å²) in [7, 11) is 0. The highest BCUT2D eigenvalue weighted by molar-refractivity contribution is 5.40. The summed E-state index contributed by atoms with van der Waals surface area (Å²) < 4.78 is 105. The molecule has 2 aromatic rings. The molecule has 0 unspecified atom stereocenters. The molecule has 1 fully saturated rings. The first-order chi connectivity index (χ1) is 14.0. The Labute approximate surface area is 167 Å². The highest BCUT2D eigenvalue weighted by atomic mass is 19.4. The molecule has 1 aliphatic heterocycles. The van der Waals surface area contributed by atoms with Crippen LogP contribution in [0.15, 0.2) is 42.5 Å². The summed E-state index contributed by atoms with van der Waals surface area (Å²) in [5.74, 6) is -0.491. The summed E-state index contributed by atoms with van der Waals surface area (Å²) in [6.45, 7) is 1.63. The lowest BCUT2D eigenvalue weighted by Crippen LogP contribution is -2.43. The molecule has 3 rings (SSSR count). The van der Waals surface area contributed by atoms with Gasteiger partial charge in [-0.05, 0) is 36.8 Å². The maximum atomic E-state index is 13.4. The number of hydrogen-bond acceptors (Lipinski definition) is 3. The van der Waals surface area contributed by atoms with Crippen molar-refractivity contribution in [2.75, 3.05) is 13.2 Å². The molecule has 1 N–H and O–H groups in total. The molecular weight excluding hydrogens is 419 g/mol. The predicted octanol–water partition coefficient (Wildman–Crippen LogP) is 5.63. The van der Waals surface area contributed by atoms with E-state index >= 15 is 0 Å². The molecule has 0 saturated carbocycles. The second kappa shape index (κ2) is 8.52. The molecule has 10 heteroatoms. The van der Waals surface area contributed by atoms with Gasteiger partial charge in [0.2, 0.25) is 0 Å². The predicted molar refractivity (Wildman–Crippen MR) is 92.8 cm³/mol. The van der Waals surface area contributed by atoms with Crippen molar-refractivity contribution in [2.45, 2.75) is 37.7 Å². The number of hydrogen-bond donors (Lipinski definition) is 1. The smallest absolute Gasteiger partial charge is 0.349 e. The molecule has 3 atom stereocenters. The third kappa shape index (κ3) is 4.93. The third-order valence-corrected chi connectivity index (χ3v) is 4.71. The molecule has 2 aromatic carbocycles. The quantitative estimate of drug-likeness (QED) is 0.630. The minimum Gasteiger partial charge on any atom is -0.349 e. The van der Waals surface area contributed by atoms with E-state index in [4.69, 9.17) is 9.47 Å². The summed E-state index contributed by atoms with van der Waals surface area (Å²) >= 11 is 0. The molecule has 1 aliphatic rings. The Morgan fingerprint density at radius 3 is 2.07 bits per heavy atom. The normalized spacial score (nSPS) is 21.5. The first kappa shape index (κ1) is 22.5. The molecule has 164 valence electrons. The van der Waals surface area contributed by atoms with Gasteiger partial charge in [-0.2, -0.15) is 26.3 Å². The van der Waals surface area contributed by atoms with Crippen LogP contribution in [0.4, 0.5) is 30.7 Å². The third-order valence-electron chi connectivity index (χ3n) is 4.71. The highest BCUT2D eigenvalue weighted by Crippen LogP contribution is 2.43. The van der Waals surface area contributed by atoms with Crippen LogP contribution in [0.1, 0.15) is 41.3 Å². The van der Waals surface area contributed by atoms with Crippen molar-refractivity contribution >= 4 is 0 Å². The fraction of sp³-hybridized carbons (Fsp3) is 0.400. The van der Waals surface area contributed by atoms with Crippen LogP contribution in [-0.4, -0.2) is 19.4 Å². The minimum absolute atomic E-state index is 0.141. The molecule has 0 aromatic heterocycles. The highest BCUT2D eigenvalue weighted by Gasteiger charge is 2.43. The van der Waals surface area contributed by atoms with Gasteiger partial charge >= 0.3 is 12.4 Å². The molecule has 0 bridgehead atoms. The molecule has 1 heterocycles. The van der Waals surface area contributed by atoms with Crippen LogP contribution in [0.2, 0.25) is 0 Å². The van der Waals surface area contributed by atoms with Crippen molar-refractivity contribution in [3.05, 3.63) is 70.5 Å². The van der Waals surface area contributed by atoms with Gasteiger partial charge in [0.25, 0.3) is 0 Å². The molecule has 0 amide bonds. The Morgan fingerprint density at radius 2 is 1.53 bits per heavy atom. The second-order valence-corrected chi connectivity index (χ2v) is 6.76. The number of rotatable bonds is 4. The first-order valence-corrected chi connectivity index (χ1v) is 9.01. The van der Waals surface area contributed by atoms with Crippen LogP contribution in [0.3, 0.4) is 0 Å². The van der Waals surface area contributed by atoms with Gasteiger partial charge in [0.15, 0.2) is 6.29 Å². The number of benzene rings is 2. The summed E-state index contributed by atoms with van der Waals surface area (Å²) in [4.78, 5) is 0. The van der Waals surface area contributed by atoms with Crippen molar-refractivity contribution in [3.63, 3.8) is 0 Å². The molecule has 3 nitrogen and oxygen atoms in total. The van der Waals surface area contributed by atoms with E-state index in [1.807, 2.05) is 0 Å². The van der Waals surface area contributed by atoms with Gasteiger partial charge in [-0.1, -0.05) is 18.2 Å². The maximum absolute atomic E-state index is 13.4. The van der Waals surface area contributed by atoms with E-state index in [0.29, 0.717) is 30.3 Å². The molecule has 0 spiro atoms. The Hall–Kier alpha value is -2.17. The van der Waals surface area contributed by atoms with Gasteiger partial charge in [0, 0.05) is 12.1 Å². The maximum Gasteiger partial charge on any atom is 0.416 e. The van der Waals surface area contributed by atoms with E-state index in [-0.39, 0.29) is 6.61 Å². The summed E-state index contributed by atoms with van der Waals surface area (Å²) in [5.41, 5.74) is -3.34. The number of halogens is 7. The zero-order chi connectivity index (χ0) is 22.1. The van der Waals surface area contributed by atoms with Crippen LogP contribution in [0, 0.1) is 5.82 Å². The van der Waals surface area contributed by atoms with Gasteiger partial charge in [-0.15, -0.1) is 0 Å². The minimum atomic E-state index is -5.00. The van der Waals surface area contributed by atoms with E-state index in [1.54, 1.807) is 0 Å². The molecular formula is C20H18F7NO2. The Bertz CT molecular complexity index is 833. The number of ether oxygens (including phenoxy) is 2. The lowest BCUT2D eigenvalue weighted by atomic mass is 9.95. The lowest BCUT2D eigenvalue weighted by Gasteiger charge is -2.35. The van der Waals surface area contributed by atoms with Crippen LogP contribution in [-0.2, 0) is 21.8 Å². The Morgan fingerprint density at radius 1 is 0.967 bits per heavy atom. The largest absolute Gasteiger partial charge is 0.416 e. The SMILES string of the molecule is C[C@@H](O[C@H]1OCCN[C@H]1c1ccc(F)cc1)c1c(C(F)(F)F)cccc1C(F)(F)F. The van der Waals surface area contributed by atoms with E-state index in [9.17, 15) is 30.7 Å². The number of morpholine rings is 1. The van der Waals surface area contributed by atoms with Crippen molar-refractivity contribution < 1.29 is 40.2 Å². The molecule has 0 aliphatic carbocycles. The van der Waals surface area contributed by atoms with Gasteiger partial charge in [-0.25, -0.2) is 4.39 Å². The van der Waals surface area contributed by atoms with E-state index in [1.165, 1.54) is 24.3 Å². The summed E-state index contributed by atoms with van der Waals surface area (Å²) in [6, 6.07) is 6.43. The Kier molecular flexibility index (Phi) is 6.40. The van der Waals surface area contributed by atoms with E-state index in [2.05, 4.69) is 5.32 Å². The molecule has 0 radical (unpaired) electrons. The summed E-state index contributed by atoms with van der Waals surface area (Å²) in [6.07, 6.45) is -12.8. The van der Waals surface area contributed by atoms with E-state index in [0.717, 1.165) is 6.92 Å². The van der Waals surface area contributed by atoms with Gasteiger partial charge in [0.05, 0.1) is 29.9 Å². The Balaban J connectivity index is 1.96. The molecule has 1 saturated heterocycles. The first-order valence-electron chi connectivity index (χ1n) is 9.01. The average molecular weight is 437 g/mol. The fourth-order valence-corrected chi connectivity index (χ4v) is 3.41. The monoisotopic (exact) mass is 437 g/mol. The topological polar surface area (TPSA) is 30.5 Å². The van der Waals surface area contributed by atoms with Crippen LogP contribution in [0.5, 0.6) is 0 Å². The molecule has 30 heavy (non-hydrogen) atoms. The van der Waals surface area contributed by atoms with Crippen molar-refractivity contribution in [1.82, 2.24) is 5.32 Å². The van der Waals surface area contributed by atoms with Gasteiger partial charge in [0.1, 0.15) is 5.82 Å². The summed E-state index contributed by atoms with van der Waals surface area (Å²) in [5, 5.41) is 3.03. The number of nitrogens with one attached hydrogen (secondary N) is 1. The van der Waals surface area contributed by atoms with Crippen molar-refractivity contribution in [2.24, 2.45) is 0 Å². The second-order valence-electron chi connectivity index (χ2n) is 6.76. The van der Waals surface area contributed by atoms with Crippen molar-refractivity contribution in [1.29, 1.82) is 0 Å². The zero-order valence-electron chi connectivity index (χ0n) is 15.6. The zero-order valence-corrected chi connectivity index (χ0v) is 15.6. The van der Waals surface area contributed by atoms with Gasteiger partial charge in [-0.3, -0.25) is 0 Å². The van der Waals surface area contributed by atoms with Crippen LogP contribution in [0.25, 0.3) is 0 Å². The standard InChI is InChI=1S/C20H18F7NO2/c1-11(16-14(19(22,23)24)3-2-4-15(16)20(25,26)27)30-18-17(28-9-10-29-18)12-5-7-13(21)8-6-12/h2-8,11,17-18,28H,9-10H2,1H3/t11-,17+,18-/m1/s1.